The Bertz CT molecular complexity index is 339. The van der Waals surface area contributed by atoms with Crippen molar-refractivity contribution in [2.45, 2.75) is 52.1 Å². The molecule has 0 unspecified atom stereocenters. The van der Waals surface area contributed by atoms with Crippen molar-refractivity contribution in [2.75, 3.05) is 0 Å². The van der Waals surface area contributed by atoms with E-state index >= 15 is 0 Å². The van der Waals surface area contributed by atoms with E-state index in [0.717, 1.165) is 24.7 Å². The van der Waals surface area contributed by atoms with Crippen molar-refractivity contribution in [3.63, 3.8) is 0 Å². The van der Waals surface area contributed by atoms with Crippen LogP contribution in [0.2, 0.25) is 0 Å². The van der Waals surface area contributed by atoms with Gasteiger partial charge in [0.15, 0.2) is 0 Å². The van der Waals surface area contributed by atoms with E-state index in [2.05, 4.69) is 27.4 Å². The fourth-order valence-corrected chi connectivity index (χ4v) is 4.90. The molecular formula is C15H24O. The van der Waals surface area contributed by atoms with Crippen molar-refractivity contribution in [1.29, 1.82) is 0 Å². The minimum absolute atomic E-state index is 0.436. The maximum absolute atomic E-state index is 10.6. The van der Waals surface area contributed by atoms with Gasteiger partial charge in [0.2, 0.25) is 0 Å². The van der Waals surface area contributed by atoms with Crippen molar-refractivity contribution >= 4 is 0 Å². The zero-order valence-corrected chi connectivity index (χ0v) is 10.8. The van der Waals surface area contributed by atoms with Gasteiger partial charge in [-0.2, -0.15) is 0 Å². The van der Waals surface area contributed by atoms with Crippen LogP contribution in [-0.4, -0.2) is 10.7 Å². The van der Waals surface area contributed by atoms with Crippen molar-refractivity contribution in [1.82, 2.24) is 0 Å². The van der Waals surface area contributed by atoms with Crippen LogP contribution in [0.1, 0.15) is 46.5 Å². The van der Waals surface area contributed by atoms with E-state index in [1.165, 1.54) is 18.4 Å². The molecule has 90 valence electrons. The van der Waals surface area contributed by atoms with Gasteiger partial charge in [0.25, 0.3) is 0 Å². The molecule has 5 atom stereocenters. The molecule has 3 rings (SSSR count). The van der Waals surface area contributed by atoms with Crippen molar-refractivity contribution in [2.24, 2.45) is 29.1 Å². The predicted octanol–water partition coefficient (Wildman–Crippen LogP) is 3.39. The van der Waals surface area contributed by atoms with E-state index in [1.54, 1.807) is 0 Å². The van der Waals surface area contributed by atoms with Gasteiger partial charge in [-0.05, 0) is 61.7 Å². The van der Waals surface area contributed by atoms with Crippen molar-refractivity contribution in [3.05, 3.63) is 12.2 Å². The van der Waals surface area contributed by atoms with Crippen molar-refractivity contribution in [3.8, 4) is 0 Å². The molecule has 1 nitrogen and oxygen atoms in total. The molecule has 3 aliphatic rings. The molecule has 0 saturated heterocycles. The highest BCUT2D eigenvalue weighted by atomic mass is 16.3. The number of fused-ring (bicyclic) bond motifs is 3. The van der Waals surface area contributed by atoms with Crippen LogP contribution < -0.4 is 0 Å². The van der Waals surface area contributed by atoms with Gasteiger partial charge >= 0.3 is 0 Å². The highest BCUT2D eigenvalue weighted by Gasteiger charge is 2.67. The first-order valence-electron chi connectivity index (χ1n) is 6.76. The number of hydrogen-bond donors (Lipinski definition) is 1. The van der Waals surface area contributed by atoms with Gasteiger partial charge < -0.3 is 5.11 Å². The van der Waals surface area contributed by atoms with Gasteiger partial charge in [0.05, 0.1) is 5.60 Å². The lowest BCUT2D eigenvalue weighted by Gasteiger charge is -2.31. The lowest BCUT2D eigenvalue weighted by atomic mass is 9.78. The van der Waals surface area contributed by atoms with Crippen LogP contribution in [0.25, 0.3) is 0 Å². The maximum Gasteiger partial charge on any atom is 0.0656 e. The predicted molar refractivity (Wildman–Crippen MR) is 66.0 cm³/mol. The van der Waals surface area contributed by atoms with Crippen LogP contribution >= 0.6 is 0 Å². The molecule has 3 saturated carbocycles. The largest absolute Gasteiger partial charge is 0.390 e. The summed E-state index contributed by atoms with van der Waals surface area (Å²) in [6.45, 7) is 11.1. The summed E-state index contributed by atoms with van der Waals surface area (Å²) in [5.41, 5.74) is 1.46. The molecule has 0 aromatic heterocycles. The SMILES string of the molecule is C=C1CC[C@H]2[C@H]([C@H]3[C@@H]1CC[C@]3(C)O)C2(C)C. The Morgan fingerprint density at radius 1 is 1.19 bits per heavy atom. The molecule has 0 aromatic rings. The smallest absolute Gasteiger partial charge is 0.0656 e. The number of rotatable bonds is 0. The van der Waals surface area contributed by atoms with E-state index < -0.39 is 5.60 Å². The Hall–Kier alpha value is -0.300. The Morgan fingerprint density at radius 3 is 2.56 bits per heavy atom. The Morgan fingerprint density at radius 2 is 1.88 bits per heavy atom. The molecular weight excluding hydrogens is 196 g/mol. The first-order chi connectivity index (χ1) is 7.36. The van der Waals surface area contributed by atoms with Crippen LogP contribution in [0.5, 0.6) is 0 Å². The fraction of sp³-hybridized carbons (Fsp3) is 0.867. The Kier molecular flexibility index (Phi) is 1.98. The highest BCUT2D eigenvalue weighted by Crippen LogP contribution is 2.71. The molecule has 0 aliphatic heterocycles. The Labute approximate surface area is 98.9 Å². The van der Waals surface area contributed by atoms with Gasteiger partial charge in [-0.15, -0.1) is 0 Å². The summed E-state index contributed by atoms with van der Waals surface area (Å²) in [5.74, 6) is 2.67. The summed E-state index contributed by atoms with van der Waals surface area (Å²) in [4.78, 5) is 0. The van der Waals surface area contributed by atoms with Crippen LogP contribution in [0.3, 0.4) is 0 Å². The van der Waals surface area contributed by atoms with Gasteiger partial charge in [0.1, 0.15) is 0 Å². The van der Waals surface area contributed by atoms with E-state index in [-0.39, 0.29) is 0 Å². The monoisotopic (exact) mass is 220 g/mol. The average Bonchev–Trinajstić information content (AvgIpc) is 2.61. The van der Waals surface area contributed by atoms with E-state index in [9.17, 15) is 5.11 Å². The van der Waals surface area contributed by atoms with E-state index in [4.69, 9.17) is 0 Å². The summed E-state index contributed by atoms with van der Waals surface area (Å²) in [5, 5.41) is 10.6. The normalized spacial score (nSPS) is 54.1. The third-order valence-electron chi connectivity index (χ3n) is 5.94. The quantitative estimate of drug-likeness (QED) is 0.620. The van der Waals surface area contributed by atoms with Crippen LogP contribution in [-0.2, 0) is 0 Å². The zero-order chi connectivity index (χ0) is 11.7. The molecule has 3 fully saturated rings. The molecule has 0 spiro atoms. The van der Waals surface area contributed by atoms with Gasteiger partial charge in [-0.3, -0.25) is 0 Å². The van der Waals surface area contributed by atoms with E-state index in [1.807, 2.05) is 0 Å². The van der Waals surface area contributed by atoms with Crippen molar-refractivity contribution < 1.29 is 5.11 Å². The molecule has 3 aliphatic carbocycles. The number of allylic oxidation sites excluding steroid dienone is 1. The lowest BCUT2D eigenvalue weighted by Crippen LogP contribution is -2.34. The molecule has 0 bridgehead atoms. The van der Waals surface area contributed by atoms with Crippen LogP contribution in [0.15, 0.2) is 12.2 Å². The minimum Gasteiger partial charge on any atom is -0.390 e. The molecule has 1 heteroatoms. The molecule has 0 aromatic carbocycles. The summed E-state index contributed by atoms with van der Waals surface area (Å²) in [7, 11) is 0. The summed E-state index contributed by atoms with van der Waals surface area (Å²) in [6.07, 6.45) is 4.64. The topological polar surface area (TPSA) is 20.2 Å². The van der Waals surface area contributed by atoms with Gasteiger partial charge in [-0.25, -0.2) is 0 Å². The van der Waals surface area contributed by atoms with Crippen LogP contribution in [0, 0.1) is 29.1 Å². The molecule has 0 radical (unpaired) electrons. The molecule has 1 N–H and O–H groups in total. The minimum atomic E-state index is -0.436. The standard InChI is InChI=1S/C15H24O/c1-9-5-6-11-13(14(11,2)3)12-10(9)7-8-15(12,4)16/h10-13,16H,1,5-8H2,2-4H3/t10-,11+,12-,13-,15+/m1/s1. The van der Waals surface area contributed by atoms with Gasteiger partial charge in [-0.1, -0.05) is 26.0 Å². The molecule has 0 heterocycles. The van der Waals surface area contributed by atoms with Gasteiger partial charge in [0, 0.05) is 0 Å². The van der Waals surface area contributed by atoms with E-state index in [0.29, 0.717) is 17.3 Å². The Balaban J connectivity index is 1.98. The second kappa shape index (κ2) is 2.93. The molecule has 0 amide bonds. The third-order valence-corrected chi connectivity index (χ3v) is 5.94. The lowest BCUT2D eigenvalue weighted by molar-refractivity contribution is -0.00137. The summed E-state index contributed by atoms with van der Waals surface area (Å²) in [6, 6.07) is 0. The average molecular weight is 220 g/mol. The zero-order valence-electron chi connectivity index (χ0n) is 10.8. The summed E-state index contributed by atoms with van der Waals surface area (Å²) >= 11 is 0. The fourth-order valence-electron chi connectivity index (χ4n) is 4.90. The highest BCUT2D eigenvalue weighted by molar-refractivity contribution is 5.22. The first-order valence-corrected chi connectivity index (χ1v) is 6.76. The second-order valence-corrected chi connectivity index (χ2v) is 7.18. The first kappa shape index (κ1) is 10.8. The summed E-state index contributed by atoms with van der Waals surface area (Å²) < 4.78 is 0. The second-order valence-electron chi connectivity index (χ2n) is 7.18. The third kappa shape index (κ3) is 1.21. The number of aliphatic hydroxyl groups is 1. The molecule has 16 heavy (non-hydrogen) atoms. The van der Waals surface area contributed by atoms with Crippen LogP contribution in [0.4, 0.5) is 0 Å². The maximum atomic E-state index is 10.6. The number of hydrogen-bond acceptors (Lipinski definition) is 1.